The third-order valence-corrected chi connectivity index (χ3v) is 11.0. The molecule has 3 fully saturated rings. The average molecular weight is 788 g/mol. The summed E-state index contributed by atoms with van der Waals surface area (Å²) in [5, 5.41) is 0. The Morgan fingerprint density at radius 2 is 0.981 bits per heavy atom. The van der Waals surface area contributed by atoms with E-state index in [-0.39, 0.29) is 54.1 Å². The van der Waals surface area contributed by atoms with E-state index in [1.165, 1.54) is 5.56 Å². The Bertz CT molecular complexity index is 1380. The van der Waals surface area contributed by atoms with Crippen LogP contribution in [-0.4, -0.2) is 66.3 Å². The van der Waals surface area contributed by atoms with Crippen LogP contribution in [0.15, 0.2) is 53.0 Å². The lowest BCUT2D eigenvalue weighted by Crippen LogP contribution is -2.41. The molecule has 0 saturated carbocycles. The summed E-state index contributed by atoms with van der Waals surface area (Å²) in [5.41, 5.74) is 6.09. The monoisotopic (exact) mass is 787 g/mol. The van der Waals surface area contributed by atoms with E-state index in [1.54, 1.807) is 0 Å². The summed E-state index contributed by atoms with van der Waals surface area (Å²) in [7, 11) is -1.30. The number of carbonyl (C=O) groups excluding carboxylic acids is 1. The number of aryl methyl sites for hydroxylation is 1. The van der Waals surface area contributed by atoms with Gasteiger partial charge in [0.15, 0.2) is 0 Å². The number of rotatable bonds is 6. The molecule has 52 heavy (non-hydrogen) atoms. The van der Waals surface area contributed by atoms with Crippen LogP contribution in [0.2, 0.25) is 0 Å². The number of benzene rings is 2. The minimum Gasteiger partial charge on any atom is -0.460 e. The molecule has 0 aliphatic carbocycles. The van der Waals surface area contributed by atoms with E-state index < -0.39 is 19.6 Å². The first-order valence-corrected chi connectivity index (χ1v) is 18.7. The zero-order chi connectivity index (χ0) is 38.8. The van der Waals surface area contributed by atoms with Crippen LogP contribution in [0.3, 0.4) is 0 Å². The molecule has 13 heteroatoms. The molecule has 2 N–H and O–H groups in total. The van der Waals surface area contributed by atoms with Gasteiger partial charge in [-0.25, -0.2) is 0 Å². The third-order valence-electron chi connectivity index (χ3n) is 10.5. The van der Waals surface area contributed by atoms with Gasteiger partial charge in [-0.1, -0.05) is 59.8 Å². The molecule has 0 atom stereocenters. The molecule has 3 heterocycles. The minimum absolute atomic E-state index is 0. The summed E-state index contributed by atoms with van der Waals surface area (Å²) in [6, 6.07) is 16.0. The standard InChI is InChI=1S/C19H29BO4.C12H24B2O4.C7H8BrN.CH4/c1-17(2,3)22-16(21)13-10-14-8-11-15(12-9-14)20-23-18(4,5)19(6,7)24-20;1-9(2)10(3,4)16-13(15-9)14-17-11(5,6)12(7,8)18-14;8-7-3-1-6(5-9)2-4-7;/h8-9,11-12H,10,13H2,1-7H3;1-8H3;1-4H,5,9H2;1H4. The second kappa shape index (κ2) is 17.0. The predicted octanol–water partition coefficient (Wildman–Crippen LogP) is 8.05. The van der Waals surface area contributed by atoms with Crippen LogP contribution in [0.25, 0.3) is 0 Å². The second-order valence-corrected chi connectivity index (χ2v) is 18.4. The Balaban J connectivity index is 0.000000293. The molecule has 0 aromatic heterocycles. The van der Waals surface area contributed by atoms with Crippen LogP contribution in [0.1, 0.15) is 129 Å². The van der Waals surface area contributed by atoms with Gasteiger partial charge in [-0.15, -0.1) is 0 Å². The summed E-state index contributed by atoms with van der Waals surface area (Å²) in [4.78, 5) is 11.8. The zero-order valence-corrected chi connectivity index (χ0v) is 35.3. The van der Waals surface area contributed by atoms with E-state index in [0.717, 1.165) is 15.5 Å². The van der Waals surface area contributed by atoms with Gasteiger partial charge in [0.25, 0.3) is 0 Å². The second-order valence-electron chi connectivity index (χ2n) is 17.5. The molecule has 0 bridgehead atoms. The zero-order valence-electron chi connectivity index (χ0n) is 33.7. The molecule has 0 spiro atoms. The average Bonchev–Trinajstić information content (AvgIpc) is 3.45. The predicted molar refractivity (Wildman–Crippen MR) is 217 cm³/mol. The molecular formula is C39H65B3BrNO8. The molecule has 3 aliphatic rings. The van der Waals surface area contributed by atoms with Crippen molar-refractivity contribution in [3.8, 4) is 0 Å². The lowest BCUT2D eigenvalue weighted by Gasteiger charge is -2.32. The highest BCUT2D eigenvalue weighted by atomic mass is 79.9. The van der Waals surface area contributed by atoms with E-state index in [9.17, 15) is 4.79 Å². The normalized spacial score (nSPS) is 21.7. The molecule has 0 radical (unpaired) electrons. The highest BCUT2D eigenvalue weighted by molar-refractivity contribution is 9.10. The SMILES string of the molecule is C.CC(C)(C)OC(=O)CCc1ccc(B2OC(C)(C)C(C)(C)O2)cc1.CC1(C)OB(B2OC(C)(C)C(C)(C)O2)OC1(C)C.NCc1ccc(Br)cc1. The first-order valence-electron chi connectivity index (χ1n) is 17.9. The van der Waals surface area contributed by atoms with E-state index in [2.05, 4.69) is 15.9 Å². The van der Waals surface area contributed by atoms with Gasteiger partial charge in [0.05, 0.1) is 33.6 Å². The van der Waals surface area contributed by atoms with E-state index in [4.69, 9.17) is 38.4 Å². The smallest absolute Gasteiger partial charge is 0.460 e. The Labute approximate surface area is 324 Å². The van der Waals surface area contributed by atoms with Crippen LogP contribution >= 0.6 is 15.9 Å². The molecule has 290 valence electrons. The Hall–Kier alpha value is -1.70. The number of ether oxygens (including phenoxy) is 1. The van der Waals surface area contributed by atoms with Gasteiger partial charge in [0.1, 0.15) is 5.60 Å². The van der Waals surface area contributed by atoms with Crippen LogP contribution in [0, 0.1) is 0 Å². The molecule has 3 saturated heterocycles. The number of carbonyl (C=O) groups is 1. The number of esters is 1. The van der Waals surface area contributed by atoms with Gasteiger partial charge in [0.2, 0.25) is 0 Å². The fraction of sp³-hybridized carbons (Fsp3) is 0.667. The molecule has 2 aromatic rings. The van der Waals surface area contributed by atoms with Crippen molar-refractivity contribution < 1.29 is 37.5 Å². The van der Waals surface area contributed by atoms with Crippen molar-refractivity contribution >= 4 is 48.5 Å². The summed E-state index contributed by atoms with van der Waals surface area (Å²) < 4.78 is 42.4. The van der Waals surface area contributed by atoms with Crippen molar-refractivity contribution in [1.82, 2.24) is 0 Å². The maximum Gasteiger partial charge on any atom is 0.494 e. The minimum atomic E-state index is -0.476. The first kappa shape index (κ1) is 46.5. The van der Waals surface area contributed by atoms with Gasteiger partial charge >= 0.3 is 27.1 Å². The van der Waals surface area contributed by atoms with Crippen molar-refractivity contribution in [3.05, 3.63) is 64.1 Å². The van der Waals surface area contributed by atoms with E-state index in [1.807, 2.05) is 152 Å². The van der Waals surface area contributed by atoms with Gasteiger partial charge in [-0.05, 0) is 139 Å². The van der Waals surface area contributed by atoms with Gasteiger partial charge in [-0.2, -0.15) is 0 Å². The van der Waals surface area contributed by atoms with Crippen LogP contribution in [0.4, 0.5) is 0 Å². The Kier molecular flexibility index (Phi) is 15.2. The lowest BCUT2D eigenvalue weighted by atomic mass is 9.49. The molecule has 3 aliphatic heterocycles. The summed E-state index contributed by atoms with van der Waals surface area (Å²) in [6.45, 7) is 30.6. The Morgan fingerprint density at radius 3 is 1.33 bits per heavy atom. The summed E-state index contributed by atoms with van der Waals surface area (Å²) in [5.74, 6) is -0.169. The topological polar surface area (TPSA) is 108 Å². The van der Waals surface area contributed by atoms with Crippen LogP contribution in [0.5, 0.6) is 0 Å². The fourth-order valence-corrected chi connectivity index (χ4v) is 5.34. The van der Waals surface area contributed by atoms with Crippen LogP contribution in [-0.2, 0) is 50.4 Å². The fourth-order valence-electron chi connectivity index (χ4n) is 5.08. The molecule has 2 aromatic carbocycles. The van der Waals surface area contributed by atoms with E-state index >= 15 is 0 Å². The maximum atomic E-state index is 11.8. The van der Waals surface area contributed by atoms with Crippen molar-refractivity contribution in [2.24, 2.45) is 5.73 Å². The highest BCUT2D eigenvalue weighted by Gasteiger charge is 2.63. The largest absolute Gasteiger partial charge is 0.494 e. The van der Waals surface area contributed by atoms with Crippen molar-refractivity contribution in [2.75, 3.05) is 0 Å². The van der Waals surface area contributed by atoms with Crippen molar-refractivity contribution in [1.29, 1.82) is 0 Å². The summed E-state index contributed by atoms with van der Waals surface area (Å²) >= 11 is 3.33. The summed E-state index contributed by atoms with van der Waals surface area (Å²) in [6.07, 6.45) is 1.05. The van der Waals surface area contributed by atoms with Gasteiger partial charge < -0.3 is 38.4 Å². The van der Waals surface area contributed by atoms with Crippen LogP contribution < -0.4 is 11.2 Å². The first-order chi connectivity index (χ1) is 23.1. The molecular weight excluding hydrogens is 723 g/mol. The van der Waals surface area contributed by atoms with Gasteiger partial charge in [0, 0.05) is 17.4 Å². The highest BCUT2D eigenvalue weighted by Crippen LogP contribution is 2.43. The quantitative estimate of drug-likeness (QED) is 0.230. The van der Waals surface area contributed by atoms with Crippen molar-refractivity contribution in [2.45, 2.75) is 170 Å². The number of halogens is 1. The molecule has 0 unspecified atom stereocenters. The third kappa shape index (κ3) is 11.9. The van der Waals surface area contributed by atoms with Crippen molar-refractivity contribution in [3.63, 3.8) is 0 Å². The number of hydrogen-bond donors (Lipinski definition) is 1. The number of hydrogen-bond acceptors (Lipinski definition) is 9. The Morgan fingerprint density at radius 1 is 0.635 bits per heavy atom. The lowest BCUT2D eigenvalue weighted by molar-refractivity contribution is -0.154. The molecule has 5 rings (SSSR count). The molecule has 0 amide bonds. The number of nitrogens with two attached hydrogens (primary N) is 1. The molecule has 9 nitrogen and oxygen atoms in total. The van der Waals surface area contributed by atoms with Gasteiger partial charge in [-0.3, -0.25) is 4.79 Å². The maximum absolute atomic E-state index is 11.8. The van der Waals surface area contributed by atoms with E-state index in [0.29, 0.717) is 19.4 Å².